The lowest BCUT2D eigenvalue weighted by molar-refractivity contribution is 0.0937. The molecule has 0 atom stereocenters. The molecule has 0 radical (unpaired) electrons. The molecule has 0 aromatic carbocycles. The van der Waals surface area contributed by atoms with Crippen LogP contribution in [0.15, 0.2) is 24.7 Å². The van der Waals surface area contributed by atoms with Crippen LogP contribution in [0.2, 0.25) is 0 Å². The molecule has 0 spiro atoms. The Morgan fingerprint density at radius 3 is 2.78 bits per heavy atom. The van der Waals surface area contributed by atoms with Crippen LogP contribution in [0, 0.1) is 0 Å². The first kappa shape index (κ1) is 11.1. The summed E-state index contributed by atoms with van der Waals surface area (Å²) in [5.74, 6) is -0.0676. The number of fused-ring (bicyclic) bond motifs is 1. The molecule has 1 amide bonds. The summed E-state index contributed by atoms with van der Waals surface area (Å²) in [5, 5.41) is 3.03. The van der Waals surface area contributed by atoms with E-state index in [-0.39, 0.29) is 5.91 Å². The molecule has 1 fully saturated rings. The lowest BCUT2D eigenvalue weighted by atomic mass is 10.2. The van der Waals surface area contributed by atoms with Crippen LogP contribution in [0.5, 0.6) is 0 Å². The monoisotopic (exact) mass is 242 g/mol. The van der Waals surface area contributed by atoms with E-state index in [4.69, 9.17) is 0 Å². The van der Waals surface area contributed by atoms with Crippen LogP contribution in [0.1, 0.15) is 36.0 Å². The van der Waals surface area contributed by atoms with Crippen molar-refractivity contribution in [3.05, 3.63) is 30.2 Å². The second kappa shape index (κ2) is 4.68. The number of hydrogen-bond donors (Lipinski definition) is 1. The Bertz CT molecular complexity index is 578. The van der Waals surface area contributed by atoms with Crippen molar-refractivity contribution < 1.29 is 4.79 Å². The van der Waals surface area contributed by atoms with Crippen LogP contribution in [-0.4, -0.2) is 26.9 Å². The Kier molecular flexibility index (Phi) is 2.88. The topological polar surface area (TPSA) is 67.8 Å². The number of nitrogens with one attached hydrogen (secondary N) is 1. The van der Waals surface area contributed by atoms with Crippen LogP contribution in [0.25, 0.3) is 11.2 Å². The molecule has 1 N–H and O–H groups in total. The van der Waals surface area contributed by atoms with Gasteiger partial charge < -0.3 is 5.32 Å². The van der Waals surface area contributed by atoms with Gasteiger partial charge in [0, 0.05) is 24.6 Å². The molecule has 0 bridgehead atoms. The van der Waals surface area contributed by atoms with Gasteiger partial charge in [-0.15, -0.1) is 0 Å². The average Bonchev–Trinajstić information content (AvgIpc) is 2.91. The Morgan fingerprint density at radius 2 is 1.94 bits per heavy atom. The van der Waals surface area contributed by atoms with Gasteiger partial charge in [-0.1, -0.05) is 12.8 Å². The second-order valence-electron chi connectivity index (χ2n) is 4.58. The zero-order valence-electron chi connectivity index (χ0n) is 9.97. The van der Waals surface area contributed by atoms with Gasteiger partial charge in [0.25, 0.3) is 5.91 Å². The third-order valence-electron chi connectivity index (χ3n) is 3.28. The summed E-state index contributed by atoms with van der Waals surface area (Å²) in [6.45, 7) is 0. The highest BCUT2D eigenvalue weighted by Crippen LogP contribution is 2.18. The summed E-state index contributed by atoms with van der Waals surface area (Å²) >= 11 is 0. The number of amides is 1. The summed E-state index contributed by atoms with van der Waals surface area (Å²) in [4.78, 5) is 24.4. The van der Waals surface area contributed by atoms with Gasteiger partial charge in [-0.05, 0) is 18.9 Å². The van der Waals surface area contributed by atoms with E-state index in [2.05, 4.69) is 20.3 Å². The van der Waals surface area contributed by atoms with Crippen LogP contribution in [0.4, 0.5) is 0 Å². The first-order valence-electron chi connectivity index (χ1n) is 6.20. The van der Waals surface area contributed by atoms with Gasteiger partial charge in [0.15, 0.2) is 5.65 Å². The highest BCUT2D eigenvalue weighted by Gasteiger charge is 2.18. The van der Waals surface area contributed by atoms with Gasteiger partial charge in [-0.3, -0.25) is 9.78 Å². The molecular formula is C13H14N4O. The predicted molar refractivity (Wildman–Crippen MR) is 67.1 cm³/mol. The molecule has 18 heavy (non-hydrogen) atoms. The predicted octanol–water partition coefficient (Wildman–Crippen LogP) is 1.70. The van der Waals surface area contributed by atoms with Crippen LogP contribution in [-0.2, 0) is 0 Å². The average molecular weight is 242 g/mol. The molecule has 1 aliphatic rings. The first-order chi connectivity index (χ1) is 8.83. The van der Waals surface area contributed by atoms with Crippen molar-refractivity contribution in [1.29, 1.82) is 0 Å². The molecule has 1 saturated carbocycles. The van der Waals surface area contributed by atoms with Gasteiger partial charge in [0.1, 0.15) is 5.52 Å². The van der Waals surface area contributed by atoms with E-state index in [0.29, 0.717) is 22.8 Å². The Morgan fingerprint density at radius 1 is 1.17 bits per heavy atom. The zero-order valence-corrected chi connectivity index (χ0v) is 9.97. The largest absolute Gasteiger partial charge is 0.349 e. The van der Waals surface area contributed by atoms with Gasteiger partial charge in [0.05, 0.1) is 5.56 Å². The van der Waals surface area contributed by atoms with E-state index >= 15 is 0 Å². The van der Waals surface area contributed by atoms with E-state index < -0.39 is 0 Å². The van der Waals surface area contributed by atoms with Gasteiger partial charge in [-0.2, -0.15) is 0 Å². The summed E-state index contributed by atoms with van der Waals surface area (Å²) in [6, 6.07) is 2.05. The van der Waals surface area contributed by atoms with E-state index in [1.54, 1.807) is 24.7 Å². The van der Waals surface area contributed by atoms with Crippen LogP contribution < -0.4 is 5.32 Å². The molecule has 1 aliphatic carbocycles. The second-order valence-corrected chi connectivity index (χ2v) is 4.58. The first-order valence-corrected chi connectivity index (χ1v) is 6.20. The van der Waals surface area contributed by atoms with Crippen LogP contribution in [0.3, 0.4) is 0 Å². The minimum absolute atomic E-state index is 0.0676. The molecule has 5 heteroatoms. The number of pyridine rings is 1. The normalized spacial score (nSPS) is 16.0. The Balaban J connectivity index is 1.82. The van der Waals surface area contributed by atoms with E-state index in [1.165, 1.54) is 12.8 Å². The smallest absolute Gasteiger partial charge is 0.253 e. The lowest BCUT2D eigenvalue weighted by Crippen LogP contribution is -2.32. The van der Waals surface area contributed by atoms with Crippen molar-refractivity contribution in [2.45, 2.75) is 31.7 Å². The highest BCUT2D eigenvalue weighted by molar-refractivity contribution is 5.96. The molecule has 5 nitrogen and oxygen atoms in total. The fourth-order valence-electron chi connectivity index (χ4n) is 2.32. The number of aromatic nitrogens is 3. The number of carbonyl (C=O) groups excluding carboxylic acids is 1. The quantitative estimate of drug-likeness (QED) is 0.870. The summed E-state index contributed by atoms with van der Waals surface area (Å²) in [6.07, 6.45) is 9.30. The molecule has 2 aromatic rings. The number of rotatable bonds is 2. The van der Waals surface area contributed by atoms with E-state index in [1.807, 2.05) is 0 Å². The maximum atomic E-state index is 12.0. The molecule has 0 aliphatic heterocycles. The molecule has 0 unspecified atom stereocenters. The molecule has 3 rings (SSSR count). The van der Waals surface area contributed by atoms with Crippen molar-refractivity contribution in [3.63, 3.8) is 0 Å². The number of hydrogen-bond acceptors (Lipinski definition) is 4. The number of nitrogens with zero attached hydrogens (tertiary/aromatic N) is 3. The maximum absolute atomic E-state index is 12.0. The highest BCUT2D eigenvalue weighted by atomic mass is 16.1. The SMILES string of the molecule is O=C(NC1CCCC1)c1cnc2nccnc2c1. The van der Waals surface area contributed by atoms with Crippen molar-refractivity contribution in [1.82, 2.24) is 20.3 Å². The van der Waals surface area contributed by atoms with Crippen LogP contribution >= 0.6 is 0 Å². The molecule has 92 valence electrons. The fourth-order valence-corrected chi connectivity index (χ4v) is 2.32. The molecule has 0 saturated heterocycles. The van der Waals surface area contributed by atoms with Crippen molar-refractivity contribution >= 4 is 17.1 Å². The zero-order chi connectivity index (χ0) is 12.4. The lowest BCUT2D eigenvalue weighted by Gasteiger charge is -2.11. The van der Waals surface area contributed by atoms with Gasteiger partial charge in [0.2, 0.25) is 0 Å². The number of carbonyl (C=O) groups is 1. The minimum Gasteiger partial charge on any atom is -0.349 e. The van der Waals surface area contributed by atoms with E-state index in [0.717, 1.165) is 12.8 Å². The summed E-state index contributed by atoms with van der Waals surface area (Å²) in [5.41, 5.74) is 1.77. The standard InChI is InChI=1S/C13H14N4O/c18-13(17-10-3-1-2-4-10)9-7-11-12(16-8-9)15-6-5-14-11/h5-8,10H,1-4H2,(H,17,18). The van der Waals surface area contributed by atoms with E-state index in [9.17, 15) is 4.79 Å². The Labute approximate surface area is 105 Å². The van der Waals surface area contributed by atoms with Gasteiger partial charge in [-0.25, -0.2) is 9.97 Å². The van der Waals surface area contributed by atoms with Crippen molar-refractivity contribution in [2.24, 2.45) is 0 Å². The van der Waals surface area contributed by atoms with Crippen molar-refractivity contribution in [2.75, 3.05) is 0 Å². The molecular weight excluding hydrogens is 228 g/mol. The third kappa shape index (κ3) is 2.16. The van der Waals surface area contributed by atoms with Crippen molar-refractivity contribution in [3.8, 4) is 0 Å². The molecule has 2 heterocycles. The summed E-state index contributed by atoms with van der Waals surface area (Å²) in [7, 11) is 0. The fraction of sp³-hybridized carbons (Fsp3) is 0.385. The maximum Gasteiger partial charge on any atom is 0.253 e. The minimum atomic E-state index is -0.0676. The third-order valence-corrected chi connectivity index (χ3v) is 3.28. The molecule has 2 aromatic heterocycles. The van der Waals surface area contributed by atoms with Gasteiger partial charge >= 0.3 is 0 Å². The summed E-state index contributed by atoms with van der Waals surface area (Å²) < 4.78 is 0. The Hall–Kier alpha value is -2.04.